The van der Waals surface area contributed by atoms with Crippen LogP contribution in [0.1, 0.15) is 33.7 Å². The summed E-state index contributed by atoms with van der Waals surface area (Å²) in [6.07, 6.45) is 0.735. The minimum absolute atomic E-state index is 0.0807. The number of anilines is 1. The lowest BCUT2D eigenvalue weighted by atomic mass is 10.1. The smallest absolute Gasteiger partial charge is 0.264 e. The number of amides is 2. The molecule has 28 heavy (non-hydrogen) atoms. The summed E-state index contributed by atoms with van der Waals surface area (Å²) in [6, 6.07) is 6.98. The molecule has 1 N–H and O–H groups in total. The topological polar surface area (TPSA) is 75.2 Å². The third-order valence-electron chi connectivity index (χ3n) is 4.40. The van der Waals surface area contributed by atoms with Gasteiger partial charge in [-0.3, -0.25) is 9.59 Å². The van der Waals surface area contributed by atoms with Gasteiger partial charge in [0.2, 0.25) is 5.91 Å². The maximum absolute atomic E-state index is 12.9. The van der Waals surface area contributed by atoms with Gasteiger partial charge in [0.05, 0.1) is 22.1 Å². The first kappa shape index (κ1) is 20.2. The number of likely N-dealkylation sites (N-methyl/N-ethyl adjacent to an activating group) is 1. The van der Waals surface area contributed by atoms with Crippen molar-refractivity contribution in [3.63, 3.8) is 0 Å². The van der Waals surface area contributed by atoms with Gasteiger partial charge in [0.15, 0.2) is 0 Å². The van der Waals surface area contributed by atoms with Crippen molar-refractivity contribution < 1.29 is 9.59 Å². The number of halogens is 1. The number of thiophene rings is 1. The van der Waals surface area contributed by atoms with E-state index in [0.29, 0.717) is 15.6 Å². The fourth-order valence-electron chi connectivity index (χ4n) is 2.97. The van der Waals surface area contributed by atoms with Crippen LogP contribution in [-0.2, 0) is 11.2 Å². The number of aryl methyl sites for hydroxylation is 3. The van der Waals surface area contributed by atoms with E-state index in [1.54, 1.807) is 31.3 Å². The Morgan fingerprint density at radius 1 is 1.21 bits per heavy atom. The van der Waals surface area contributed by atoms with Crippen molar-refractivity contribution in [3.05, 3.63) is 51.2 Å². The second-order valence-corrected chi connectivity index (χ2v) is 7.91. The number of aromatic nitrogens is 2. The number of hydrogen-bond donors (Lipinski definition) is 1. The molecule has 0 spiro atoms. The highest BCUT2D eigenvalue weighted by atomic mass is 35.5. The van der Waals surface area contributed by atoms with Crippen LogP contribution in [0.5, 0.6) is 0 Å². The van der Waals surface area contributed by atoms with Crippen LogP contribution in [0.15, 0.2) is 24.3 Å². The first-order chi connectivity index (χ1) is 13.3. The standard InChI is InChI=1S/C20H21ClN4O2S/c1-5-15-22-12(3)17-11(2)18(28-19(17)24-15)20(27)25(4)10-16(26)23-14-9-7-6-8-13(14)21/h6-9H,5,10H2,1-4H3,(H,23,26). The minimum Gasteiger partial charge on any atom is -0.332 e. The van der Waals surface area contributed by atoms with Crippen LogP contribution in [0.3, 0.4) is 0 Å². The number of fused-ring (bicyclic) bond motifs is 1. The van der Waals surface area contributed by atoms with Gasteiger partial charge in [-0.1, -0.05) is 30.7 Å². The molecule has 3 rings (SSSR count). The molecule has 0 atom stereocenters. The molecule has 0 saturated heterocycles. The first-order valence-electron chi connectivity index (χ1n) is 8.88. The van der Waals surface area contributed by atoms with Gasteiger partial charge in [0, 0.05) is 24.5 Å². The molecule has 0 aliphatic carbocycles. The van der Waals surface area contributed by atoms with Crippen molar-refractivity contribution in [3.8, 4) is 0 Å². The summed E-state index contributed by atoms with van der Waals surface area (Å²) in [5.74, 6) is 0.233. The average molecular weight is 417 g/mol. The zero-order chi connectivity index (χ0) is 20.4. The van der Waals surface area contributed by atoms with E-state index >= 15 is 0 Å². The minimum atomic E-state index is -0.313. The van der Waals surface area contributed by atoms with Crippen molar-refractivity contribution in [1.82, 2.24) is 14.9 Å². The average Bonchev–Trinajstić information content (AvgIpc) is 2.99. The van der Waals surface area contributed by atoms with Gasteiger partial charge in [-0.2, -0.15) is 0 Å². The molecular formula is C20H21ClN4O2S. The molecule has 0 fully saturated rings. The summed E-state index contributed by atoms with van der Waals surface area (Å²) in [4.78, 5) is 37.1. The Morgan fingerprint density at radius 2 is 1.93 bits per heavy atom. The van der Waals surface area contributed by atoms with E-state index in [0.717, 1.165) is 33.7 Å². The second kappa shape index (κ2) is 8.24. The van der Waals surface area contributed by atoms with Crippen LogP contribution < -0.4 is 5.32 Å². The maximum Gasteiger partial charge on any atom is 0.264 e. The summed E-state index contributed by atoms with van der Waals surface area (Å²) >= 11 is 7.40. The summed E-state index contributed by atoms with van der Waals surface area (Å²) < 4.78 is 0. The molecule has 0 radical (unpaired) electrons. The van der Waals surface area contributed by atoms with Crippen LogP contribution >= 0.6 is 22.9 Å². The number of nitrogens with one attached hydrogen (secondary N) is 1. The zero-order valence-electron chi connectivity index (χ0n) is 16.2. The SMILES string of the molecule is CCc1nc(C)c2c(C)c(C(=O)N(C)CC(=O)Nc3ccccc3Cl)sc2n1. The Hall–Kier alpha value is -2.51. The van der Waals surface area contributed by atoms with E-state index in [9.17, 15) is 9.59 Å². The molecular weight excluding hydrogens is 396 g/mol. The molecule has 6 nitrogen and oxygen atoms in total. The van der Waals surface area contributed by atoms with Gasteiger partial charge in [-0.25, -0.2) is 9.97 Å². The zero-order valence-corrected chi connectivity index (χ0v) is 17.7. The Balaban J connectivity index is 1.79. The molecule has 2 aromatic heterocycles. The molecule has 0 unspecified atom stereocenters. The predicted octanol–water partition coefficient (Wildman–Crippen LogP) is 4.23. The van der Waals surface area contributed by atoms with Gasteiger partial charge >= 0.3 is 0 Å². The lowest BCUT2D eigenvalue weighted by Crippen LogP contribution is -2.34. The predicted molar refractivity (Wildman–Crippen MR) is 113 cm³/mol. The van der Waals surface area contributed by atoms with Crippen molar-refractivity contribution >= 4 is 50.7 Å². The second-order valence-electron chi connectivity index (χ2n) is 6.50. The summed E-state index contributed by atoms with van der Waals surface area (Å²) in [7, 11) is 1.61. The van der Waals surface area contributed by atoms with Crippen molar-refractivity contribution in [2.75, 3.05) is 18.9 Å². The lowest BCUT2D eigenvalue weighted by Gasteiger charge is -2.16. The molecule has 0 saturated carbocycles. The number of hydrogen-bond acceptors (Lipinski definition) is 5. The number of rotatable bonds is 5. The van der Waals surface area contributed by atoms with Crippen LogP contribution in [-0.4, -0.2) is 40.3 Å². The number of carbonyl (C=O) groups is 2. The molecule has 0 aliphatic heterocycles. The van der Waals surface area contributed by atoms with Gasteiger partial charge in [-0.05, 0) is 31.5 Å². The molecule has 3 aromatic rings. The fourth-order valence-corrected chi connectivity index (χ4v) is 4.40. The van der Waals surface area contributed by atoms with Gasteiger partial charge in [0.1, 0.15) is 10.7 Å². The summed E-state index contributed by atoms with van der Waals surface area (Å²) in [5.41, 5.74) is 2.24. The van der Waals surface area contributed by atoms with Crippen LogP contribution in [0, 0.1) is 13.8 Å². The quantitative estimate of drug-likeness (QED) is 0.675. The first-order valence-corrected chi connectivity index (χ1v) is 10.1. The molecule has 2 heterocycles. The highest BCUT2D eigenvalue weighted by molar-refractivity contribution is 7.20. The summed E-state index contributed by atoms with van der Waals surface area (Å²) in [6.45, 7) is 5.74. The monoisotopic (exact) mass is 416 g/mol. The van der Waals surface area contributed by atoms with Crippen molar-refractivity contribution in [2.45, 2.75) is 27.2 Å². The third kappa shape index (κ3) is 4.00. The Bertz CT molecular complexity index is 1060. The Labute approximate surface area is 172 Å². The Kier molecular flexibility index (Phi) is 5.96. The van der Waals surface area contributed by atoms with Crippen LogP contribution in [0.25, 0.3) is 10.2 Å². The molecule has 1 aromatic carbocycles. The fraction of sp³-hybridized carbons (Fsp3) is 0.300. The molecule has 0 bridgehead atoms. The van der Waals surface area contributed by atoms with Gasteiger partial charge in [-0.15, -0.1) is 11.3 Å². The summed E-state index contributed by atoms with van der Waals surface area (Å²) in [5, 5.41) is 4.10. The van der Waals surface area contributed by atoms with Crippen molar-refractivity contribution in [2.24, 2.45) is 0 Å². The maximum atomic E-state index is 12.9. The highest BCUT2D eigenvalue weighted by Gasteiger charge is 2.23. The molecule has 146 valence electrons. The van der Waals surface area contributed by atoms with Crippen molar-refractivity contribution in [1.29, 1.82) is 0 Å². The van der Waals surface area contributed by atoms with E-state index in [1.165, 1.54) is 16.2 Å². The van der Waals surface area contributed by atoms with Crippen LogP contribution in [0.2, 0.25) is 5.02 Å². The Morgan fingerprint density at radius 3 is 2.61 bits per heavy atom. The van der Waals surface area contributed by atoms with Gasteiger partial charge in [0.25, 0.3) is 5.91 Å². The van der Waals surface area contributed by atoms with Crippen LogP contribution in [0.4, 0.5) is 5.69 Å². The number of para-hydroxylation sites is 1. The number of benzene rings is 1. The van der Waals surface area contributed by atoms with E-state index in [2.05, 4.69) is 15.3 Å². The lowest BCUT2D eigenvalue weighted by molar-refractivity contribution is -0.116. The van der Waals surface area contributed by atoms with Gasteiger partial charge < -0.3 is 10.2 Å². The molecule has 0 aliphatic rings. The largest absolute Gasteiger partial charge is 0.332 e. The number of nitrogens with zero attached hydrogens (tertiary/aromatic N) is 3. The number of carbonyl (C=O) groups excluding carboxylic acids is 2. The molecule has 8 heteroatoms. The highest BCUT2D eigenvalue weighted by Crippen LogP contribution is 2.32. The normalized spacial score (nSPS) is 10.9. The van der Waals surface area contributed by atoms with E-state index in [1.807, 2.05) is 20.8 Å². The molecule has 2 amide bonds. The third-order valence-corrected chi connectivity index (χ3v) is 5.91. The van der Waals surface area contributed by atoms with E-state index < -0.39 is 0 Å². The van der Waals surface area contributed by atoms with E-state index in [4.69, 9.17) is 11.6 Å². The van der Waals surface area contributed by atoms with E-state index in [-0.39, 0.29) is 18.4 Å².